The molecule has 0 radical (unpaired) electrons. The molecule has 1 N–H and O–H groups in total. The fourth-order valence-corrected chi connectivity index (χ4v) is 1.74. The number of aliphatic hydroxyl groups is 1. The summed E-state index contributed by atoms with van der Waals surface area (Å²) in [4.78, 5) is 0. The first kappa shape index (κ1) is 8.73. The lowest BCUT2D eigenvalue weighted by Crippen LogP contribution is -2.52. The average molecular weight is 178 g/mol. The van der Waals surface area contributed by atoms with Crippen molar-refractivity contribution in [2.24, 2.45) is 0 Å². The summed E-state index contributed by atoms with van der Waals surface area (Å²) in [5.74, 6) is 0.346. The van der Waals surface area contributed by atoms with Crippen LogP contribution in [0.25, 0.3) is 0 Å². The molecule has 1 aliphatic heterocycles. The van der Waals surface area contributed by atoms with Crippen LogP contribution in [0.1, 0.15) is 18.4 Å². The number of ether oxygens (including phenoxy) is 1. The quantitative estimate of drug-likeness (QED) is 0.744. The van der Waals surface area contributed by atoms with Gasteiger partial charge in [-0.15, -0.1) is 0 Å². The van der Waals surface area contributed by atoms with Crippen LogP contribution in [0, 0.1) is 0 Å². The van der Waals surface area contributed by atoms with E-state index in [9.17, 15) is 0 Å². The van der Waals surface area contributed by atoms with E-state index in [-0.39, 0.29) is 12.2 Å². The molecule has 2 nitrogen and oxygen atoms in total. The van der Waals surface area contributed by atoms with E-state index in [0.29, 0.717) is 5.92 Å². The van der Waals surface area contributed by atoms with Crippen molar-refractivity contribution in [3.8, 4) is 0 Å². The fourth-order valence-electron chi connectivity index (χ4n) is 1.74. The van der Waals surface area contributed by atoms with Crippen molar-refractivity contribution in [3.05, 3.63) is 35.9 Å². The molecule has 0 aliphatic carbocycles. The van der Waals surface area contributed by atoms with E-state index in [1.807, 2.05) is 25.1 Å². The first-order valence-electron chi connectivity index (χ1n) is 4.56. The smallest absolute Gasteiger partial charge is 0.0974 e. The van der Waals surface area contributed by atoms with Crippen molar-refractivity contribution >= 4 is 0 Å². The third-order valence-corrected chi connectivity index (χ3v) is 2.83. The molecule has 13 heavy (non-hydrogen) atoms. The Labute approximate surface area is 78.2 Å². The van der Waals surface area contributed by atoms with Gasteiger partial charge >= 0.3 is 0 Å². The summed E-state index contributed by atoms with van der Waals surface area (Å²) < 4.78 is 5.38. The van der Waals surface area contributed by atoms with Gasteiger partial charge in [0.2, 0.25) is 0 Å². The first-order valence-corrected chi connectivity index (χ1v) is 4.56. The zero-order chi connectivity index (χ0) is 9.31. The van der Waals surface area contributed by atoms with Crippen molar-refractivity contribution in [3.63, 3.8) is 0 Å². The highest BCUT2D eigenvalue weighted by Gasteiger charge is 2.44. The van der Waals surface area contributed by atoms with E-state index >= 15 is 0 Å². The van der Waals surface area contributed by atoms with Gasteiger partial charge in [-0.3, -0.25) is 0 Å². The Morgan fingerprint density at radius 2 is 2.15 bits per heavy atom. The van der Waals surface area contributed by atoms with Gasteiger partial charge < -0.3 is 9.84 Å². The van der Waals surface area contributed by atoms with Crippen LogP contribution in [0.15, 0.2) is 30.3 Å². The third-order valence-electron chi connectivity index (χ3n) is 2.83. The Morgan fingerprint density at radius 1 is 1.46 bits per heavy atom. The molecule has 0 amide bonds. The molecular formula is C11H14O2. The maximum atomic E-state index is 9.15. The topological polar surface area (TPSA) is 29.5 Å². The monoisotopic (exact) mass is 178 g/mol. The number of aliphatic hydroxyl groups excluding tert-OH is 1. The molecule has 0 unspecified atom stereocenters. The predicted octanol–water partition coefficient (Wildman–Crippen LogP) is 1.55. The molecule has 1 aromatic carbocycles. The number of benzene rings is 1. The third kappa shape index (κ3) is 1.36. The standard InChI is InChI=1S/C11H14O2/c1-11(8-12)10(7-13-11)9-5-3-2-4-6-9/h2-6,10,12H,7-8H2,1H3/t10-,11+/m1/s1. The number of rotatable bonds is 2. The maximum Gasteiger partial charge on any atom is 0.0974 e. The zero-order valence-corrected chi connectivity index (χ0v) is 7.73. The fraction of sp³-hybridized carbons (Fsp3) is 0.455. The summed E-state index contributed by atoms with van der Waals surface area (Å²) in [6.07, 6.45) is 0. The summed E-state index contributed by atoms with van der Waals surface area (Å²) in [6, 6.07) is 10.2. The van der Waals surface area contributed by atoms with Crippen LogP contribution in [-0.2, 0) is 4.74 Å². The molecule has 0 spiro atoms. The van der Waals surface area contributed by atoms with Crippen LogP contribution in [0.4, 0.5) is 0 Å². The van der Waals surface area contributed by atoms with Gasteiger partial charge in [0.05, 0.1) is 18.8 Å². The van der Waals surface area contributed by atoms with E-state index in [1.165, 1.54) is 5.56 Å². The molecule has 0 saturated carbocycles. The van der Waals surface area contributed by atoms with Crippen LogP contribution in [0.2, 0.25) is 0 Å². The highest BCUT2D eigenvalue weighted by atomic mass is 16.5. The summed E-state index contributed by atoms with van der Waals surface area (Å²) in [5.41, 5.74) is 0.895. The van der Waals surface area contributed by atoms with Gasteiger partial charge in [0.25, 0.3) is 0 Å². The number of hydrogen-bond acceptors (Lipinski definition) is 2. The van der Waals surface area contributed by atoms with Crippen LogP contribution in [0.5, 0.6) is 0 Å². The van der Waals surface area contributed by atoms with E-state index in [1.54, 1.807) is 0 Å². The SMILES string of the molecule is C[C@@]1(CO)OC[C@@H]1c1ccccc1. The minimum Gasteiger partial charge on any atom is -0.393 e. The molecule has 1 aromatic rings. The van der Waals surface area contributed by atoms with Gasteiger partial charge in [-0.2, -0.15) is 0 Å². The van der Waals surface area contributed by atoms with Crippen molar-refractivity contribution in [1.82, 2.24) is 0 Å². The lowest BCUT2D eigenvalue weighted by Gasteiger charge is -2.46. The Hall–Kier alpha value is -0.860. The van der Waals surface area contributed by atoms with E-state index in [0.717, 1.165) is 6.61 Å². The second kappa shape index (κ2) is 3.13. The lowest BCUT2D eigenvalue weighted by molar-refractivity contribution is -0.179. The van der Waals surface area contributed by atoms with Gasteiger partial charge in [-0.1, -0.05) is 30.3 Å². The molecule has 2 atom stereocenters. The Morgan fingerprint density at radius 3 is 2.62 bits per heavy atom. The minimum atomic E-state index is -0.360. The average Bonchev–Trinajstić information content (AvgIpc) is 2.17. The van der Waals surface area contributed by atoms with Gasteiger partial charge in [0, 0.05) is 5.92 Å². The molecule has 1 aliphatic rings. The summed E-state index contributed by atoms with van der Waals surface area (Å²) >= 11 is 0. The molecule has 0 aromatic heterocycles. The maximum absolute atomic E-state index is 9.15. The second-order valence-corrected chi connectivity index (χ2v) is 3.75. The molecular weight excluding hydrogens is 164 g/mol. The van der Waals surface area contributed by atoms with Crippen molar-refractivity contribution in [2.45, 2.75) is 18.4 Å². The molecule has 1 fully saturated rings. The normalized spacial score (nSPS) is 32.6. The van der Waals surface area contributed by atoms with Gasteiger partial charge in [-0.25, -0.2) is 0 Å². The van der Waals surface area contributed by atoms with Crippen LogP contribution >= 0.6 is 0 Å². The van der Waals surface area contributed by atoms with E-state index < -0.39 is 0 Å². The van der Waals surface area contributed by atoms with Crippen LogP contribution < -0.4 is 0 Å². The lowest BCUT2D eigenvalue weighted by atomic mass is 9.80. The van der Waals surface area contributed by atoms with Crippen molar-refractivity contribution in [1.29, 1.82) is 0 Å². The summed E-state index contributed by atoms with van der Waals surface area (Å²) in [7, 11) is 0. The Bertz CT molecular complexity index is 279. The largest absolute Gasteiger partial charge is 0.393 e. The molecule has 1 saturated heterocycles. The molecule has 0 bridgehead atoms. The summed E-state index contributed by atoms with van der Waals surface area (Å²) in [6.45, 7) is 2.77. The highest BCUT2D eigenvalue weighted by molar-refractivity contribution is 5.25. The van der Waals surface area contributed by atoms with Gasteiger partial charge in [0.15, 0.2) is 0 Å². The molecule has 2 rings (SSSR count). The van der Waals surface area contributed by atoms with Crippen molar-refractivity contribution in [2.75, 3.05) is 13.2 Å². The minimum absolute atomic E-state index is 0.0898. The molecule has 1 heterocycles. The van der Waals surface area contributed by atoms with Gasteiger partial charge in [-0.05, 0) is 12.5 Å². The first-order chi connectivity index (χ1) is 6.26. The summed E-state index contributed by atoms with van der Waals surface area (Å²) in [5, 5.41) is 9.15. The Balaban J connectivity index is 2.20. The van der Waals surface area contributed by atoms with Crippen LogP contribution in [-0.4, -0.2) is 23.9 Å². The second-order valence-electron chi connectivity index (χ2n) is 3.75. The zero-order valence-electron chi connectivity index (χ0n) is 7.73. The predicted molar refractivity (Wildman–Crippen MR) is 50.6 cm³/mol. The molecule has 70 valence electrons. The highest BCUT2D eigenvalue weighted by Crippen LogP contribution is 2.40. The van der Waals surface area contributed by atoms with Crippen LogP contribution in [0.3, 0.4) is 0 Å². The Kier molecular flexibility index (Phi) is 2.10. The number of hydrogen-bond donors (Lipinski definition) is 1. The van der Waals surface area contributed by atoms with E-state index in [4.69, 9.17) is 9.84 Å². The van der Waals surface area contributed by atoms with E-state index in [2.05, 4.69) is 12.1 Å². The molecule has 2 heteroatoms. The van der Waals surface area contributed by atoms with Gasteiger partial charge in [0.1, 0.15) is 0 Å². The van der Waals surface area contributed by atoms with Crippen molar-refractivity contribution < 1.29 is 9.84 Å².